The minimum atomic E-state index is -0.638. The van der Waals surface area contributed by atoms with E-state index in [0.29, 0.717) is 12.3 Å². The van der Waals surface area contributed by atoms with Gasteiger partial charge in [-0.1, -0.05) is 18.6 Å². The van der Waals surface area contributed by atoms with Crippen molar-refractivity contribution in [2.24, 2.45) is 11.3 Å². The van der Waals surface area contributed by atoms with Gasteiger partial charge in [0.15, 0.2) is 6.61 Å². The van der Waals surface area contributed by atoms with Crippen molar-refractivity contribution in [2.45, 2.75) is 39.7 Å². The van der Waals surface area contributed by atoms with Gasteiger partial charge in [-0.3, -0.25) is 9.69 Å². The number of carboxylic acid groups (broad SMARTS) is 1. The van der Waals surface area contributed by atoms with Crippen LogP contribution in [-0.2, 0) is 20.9 Å². The van der Waals surface area contributed by atoms with Crippen LogP contribution in [-0.4, -0.2) is 48.8 Å². The van der Waals surface area contributed by atoms with Gasteiger partial charge < -0.3 is 14.6 Å². The smallest absolute Gasteiger partial charge is 0.343 e. The van der Waals surface area contributed by atoms with Gasteiger partial charge in [0, 0.05) is 19.6 Å². The predicted octanol–water partition coefficient (Wildman–Crippen LogP) is 2.54. The molecular formula is C20H27NO5. The molecule has 2 atom stereocenters. The Kier molecular flexibility index (Phi) is 5.23. The van der Waals surface area contributed by atoms with E-state index in [4.69, 9.17) is 4.74 Å². The monoisotopic (exact) mass is 361 g/mol. The lowest BCUT2D eigenvalue weighted by atomic mass is 9.81. The first kappa shape index (κ1) is 18.7. The van der Waals surface area contributed by atoms with Crippen LogP contribution in [0.2, 0.25) is 0 Å². The van der Waals surface area contributed by atoms with E-state index >= 15 is 0 Å². The van der Waals surface area contributed by atoms with Crippen molar-refractivity contribution < 1.29 is 24.2 Å². The molecular weight excluding hydrogens is 334 g/mol. The second-order valence-electron chi connectivity index (χ2n) is 7.64. The average molecular weight is 361 g/mol. The molecule has 0 unspecified atom stereocenters. The molecule has 3 rings (SSSR count). The van der Waals surface area contributed by atoms with E-state index < -0.39 is 17.4 Å². The van der Waals surface area contributed by atoms with Gasteiger partial charge >= 0.3 is 11.9 Å². The number of benzene rings is 1. The zero-order chi connectivity index (χ0) is 18.9. The van der Waals surface area contributed by atoms with Gasteiger partial charge in [-0.25, -0.2) is 4.79 Å². The molecule has 0 aromatic heterocycles. The molecule has 6 nitrogen and oxygen atoms in total. The maximum absolute atomic E-state index is 11.8. The van der Waals surface area contributed by atoms with Crippen molar-refractivity contribution in [2.75, 3.05) is 26.8 Å². The lowest BCUT2D eigenvalue weighted by Gasteiger charge is -2.23. The summed E-state index contributed by atoms with van der Waals surface area (Å²) in [5, 5.41) is 9.73. The molecule has 1 saturated heterocycles. The van der Waals surface area contributed by atoms with Crippen LogP contribution < -0.4 is 4.74 Å². The molecule has 1 saturated carbocycles. The fraction of sp³-hybridized carbons (Fsp3) is 0.600. The number of likely N-dealkylation sites (tertiary alicyclic amines) is 1. The highest BCUT2D eigenvalue weighted by atomic mass is 16.6. The SMILES string of the molecule is COC(=O)COc1c(C)cc(CN2C[C@@H]3CCC[C@@]3(C(=O)O)C2)cc1C. The number of nitrogens with zero attached hydrogens (tertiary/aromatic N) is 1. The Morgan fingerprint density at radius 3 is 2.58 bits per heavy atom. The number of aryl methyl sites for hydroxylation is 2. The topological polar surface area (TPSA) is 76.1 Å². The van der Waals surface area contributed by atoms with E-state index in [2.05, 4.69) is 21.8 Å². The Hall–Kier alpha value is -2.08. The number of carbonyl (C=O) groups is 2. The normalized spacial score (nSPS) is 25.1. The number of hydrogen-bond donors (Lipinski definition) is 1. The van der Waals surface area contributed by atoms with Gasteiger partial charge in [0.05, 0.1) is 12.5 Å². The minimum Gasteiger partial charge on any atom is -0.481 e. The lowest BCUT2D eigenvalue weighted by molar-refractivity contribution is -0.149. The van der Waals surface area contributed by atoms with E-state index in [1.54, 1.807) is 0 Å². The highest BCUT2D eigenvalue weighted by Gasteiger charge is 2.54. The van der Waals surface area contributed by atoms with Gasteiger partial charge in [0.25, 0.3) is 0 Å². The van der Waals surface area contributed by atoms with E-state index in [9.17, 15) is 14.7 Å². The molecule has 2 fully saturated rings. The average Bonchev–Trinajstić information content (AvgIpc) is 3.11. The number of hydrogen-bond acceptors (Lipinski definition) is 5. The van der Waals surface area contributed by atoms with Gasteiger partial charge in [-0.15, -0.1) is 0 Å². The van der Waals surface area contributed by atoms with Crippen molar-refractivity contribution in [3.8, 4) is 5.75 Å². The molecule has 0 bridgehead atoms. The molecule has 6 heteroatoms. The Morgan fingerprint density at radius 2 is 2.00 bits per heavy atom. The first-order valence-corrected chi connectivity index (χ1v) is 9.11. The number of fused-ring (bicyclic) bond motifs is 1. The summed E-state index contributed by atoms with van der Waals surface area (Å²) in [5.41, 5.74) is 2.53. The molecule has 1 aromatic carbocycles. The first-order chi connectivity index (χ1) is 12.4. The third kappa shape index (κ3) is 3.43. The zero-order valence-electron chi connectivity index (χ0n) is 15.7. The third-order valence-electron chi connectivity index (χ3n) is 5.86. The van der Waals surface area contributed by atoms with Gasteiger partial charge in [-0.05, 0) is 49.3 Å². The van der Waals surface area contributed by atoms with Gasteiger partial charge in [0.1, 0.15) is 5.75 Å². The maximum atomic E-state index is 11.8. The third-order valence-corrected chi connectivity index (χ3v) is 5.86. The first-order valence-electron chi connectivity index (χ1n) is 9.11. The second-order valence-corrected chi connectivity index (χ2v) is 7.64. The summed E-state index contributed by atoms with van der Waals surface area (Å²) in [6, 6.07) is 4.11. The minimum absolute atomic E-state index is 0.105. The molecule has 1 aliphatic carbocycles. The van der Waals surface area contributed by atoms with Gasteiger partial charge in [0.2, 0.25) is 0 Å². The number of ether oxygens (including phenoxy) is 2. The molecule has 0 radical (unpaired) electrons. The number of aliphatic carboxylic acids is 1. The van der Waals surface area contributed by atoms with Crippen molar-refractivity contribution in [3.05, 3.63) is 28.8 Å². The fourth-order valence-corrected chi connectivity index (χ4v) is 4.67. The molecule has 1 N–H and O–H groups in total. The number of esters is 1. The van der Waals surface area contributed by atoms with Crippen molar-refractivity contribution >= 4 is 11.9 Å². The zero-order valence-corrected chi connectivity index (χ0v) is 15.7. The Balaban J connectivity index is 1.69. The van der Waals surface area contributed by atoms with E-state index in [0.717, 1.165) is 49.0 Å². The molecule has 2 aliphatic rings. The highest BCUT2D eigenvalue weighted by Crippen LogP contribution is 2.49. The summed E-state index contributed by atoms with van der Waals surface area (Å²) in [5.74, 6) is -0.0684. The predicted molar refractivity (Wildman–Crippen MR) is 96.1 cm³/mol. The molecule has 0 amide bonds. The van der Waals surface area contributed by atoms with Crippen molar-refractivity contribution in [1.82, 2.24) is 4.90 Å². The molecule has 1 aliphatic heterocycles. The summed E-state index contributed by atoms with van der Waals surface area (Å²) in [6.07, 6.45) is 2.83. The largest absolute Gasteiger partial charge is 0.481 e. The van der Waals surface area contributed by atoms with E-state index in [-0.39, 0.29) is 12.5 Å². The molecule has 1 heterocycles. The molecule has 1 aromatic rings. The molecule has 0 spiro atoms. The Labute approximate surface area is 154 Å². The summed E-state index contributed by atoms with van der Waals surface area (Å²) in [7, 11) is 1.34. The van der Waals surface area contributed by atoms with Gasteiger partial charge in [-0.2, -0.15) is 0 Å². The Morgan fingerprint density at radius 1 is 1.31 bits per heavy atom. The van der Waals surface area contributed by atoms with Crippen LogP contribution in [0.4, 0.5) is 0 Å². The quantitative estimate of drug-likeness (QED) is 0.785. The Bertz CT molecular complexity index is 693. The van der Waals surface area contributed by atoms with Crippen molar-refractivity contribution in [3.63, 3.8) is 0 Å². The molecule has 26 heavy (non-hydrogen) atoms. The van der Waals surface area contributed by atoms with Crippen LogP contribution >= 0.6 is 0 Å². The van der Waals surface area contributed by atoms with E-state index in [1.165, 1.54) is 7.11 Å². The summed E-state index contributed by atoms with van der Waals surface area (Å²) in [6.45, 7) is 6.04. The van der Waals surface area contributed by atoms with Crippen LogP contribution in [0, 0.1) is 25.2 Å². The fourth-order valence-electron chi connectivity index (χ4n) is 4.67. The number of methoxy groups -OCH3 is 1. The molecule has 142 valence electrons. The van der Waals surface area contributed by atoms with Crippen molar-refractivity contribution in [1.29, 1.82) is 0 Å². The van der Waals surface area contributed by atoms with E-state index in [1.807, 2.05) is 13.8 Å². The summed E-state index contributed by atoms with van der Waals surface area (Å²) in [4.78, 5) is 25.4. The lowest BCUT2D eigenvalue weighted by Crippen LogP contribution is -2.35. The maximum Gasteiger partial charge on any atom is 0.343 e. The number of carbonyl (C=O) groups excluding carboxylic acids is 1. The van der Waals surface area contributed by atoms with Crippen LogP contribution in [0.1, 0.15) is 36.0 Å². The van der Waals surface area contributed by atoms with Crippen LogP contribution in [0.3, 0.4) is 0 Å². The second kappa shape index (κ2) is 7.27. The highest BCUT2D eigenvalue weighted by molar-refractivity contribution is 5.76. The summed E-state index contributed by atoms with van der Waals surface area (Å²) >= 11 is 0. The number of rotatable bonds is 6. The number of carboxylic acids is 1. The summed E-state index contributed by atoms with van der Waals surface area (Å²) < 4.78 is 10.2. The standard InChI is InChI=1S/C20H27NO5/c1-13-7-15(8-14(2)18(13)26-11-17(22)25-3)9-21-10-16-5-4-6-20(16,12-21)19(23)24/h7-8,16H,4-6,9-12H2,1-3H3,(H,23,24)/t16-,20+/m0/s1. The van der Waals surface area contributed by atoms with Crippen LogP contribution in [0.15, 0.2) is 12.1 Å². The van der Waals surface area contributed by atoms with Crippen LogP contribution in [0.25, 0.3) is 0 Å². The van der Waals surface area contributed by atoms with Crippen LogP contribution in [0.5, 0.6) is 5.75 Å².